The first-order valence-corrected chi connectivity index (χ1v) is 15.6. The largest absolute Gasteiger partial charge is 0.493 e. The third kappa shape index (κ3) is 6.70. The Balaban J connectivity index is 0.000000654. The van der Waals surface area contributed by atoms with Crippen LogP contribution in [-0.2, 0) is 50.0 Å². The number of halogens is 3. The summed E-state index contributed by atoms with van der Waals surface area (Å²) in [6.07, 6.45) is -7.24. The molecular weight excluding hydrogens is 687 g/mol. The minimum atomic E-state index is -5.08. The second kappa shape index (κ2) is 13.9. The van der Waals surface area contributed by atoms with Gasteiger partial charge in [-0.2, -0.15) is 13.2 Å². The molecule has 2 heterocycles. The quantitative estimate of drug-likeness (QED) is 0.253. The molecule has 6 atom stereocenters. The molecule has 4 aliphatic rings. The van der Waals surface area contributed by atoms with Crippen molar-refractivity contribution < 1.29 is 76.1 Å². The molecule has 2 aromatic carbocycles. The Morgan fingerprint density at radius 2 is 1.71 bits per heavy atom. The molecule has 0 aromatic heterocycles. The van der Waals surface area contributed by atoms with Crippen LogP contribution in [0.15, 0.2) is 54.3 Å². The lowest BCUT2D eigenvalue weighted by molar-refractivity contribution is -0.192. The molecule has 14 nitrogen and oxygen atoms in total. The number of hydrogen-bond donors (Lipinski definition) is 3. The van der Waals surface area contributed by atoms with E-state index in [0.717, 1.165) is 18.1 Å². The third-order valence-electron chi connectivity index (χ3n) is 9.50. The van der Waals surface area contributed by atoms with Crippen molar-refractivity contribution in [2.24, 2.45) is 0 Å². The first-order valence-electron chi connectivity index (χ1n) is 15.6. The zero-order valence-electron chi connectivity index (χ0n) is 27.5. The zero-order chi connectivity index (χ0) is 37.5. The predicted octanol–water partition coefficient (Wildman–Crippen LogP) is 2.84. The number of esters is 3. The average Bonchev–Trinajstić information content (AvgIpc) is 3.42. The van der Waals surface area contributed by atoms with Gasteiger partial charge in [-0.25, -0.2) is 14.4 Å². The lowest BCUT2D eigenvalue weighted by Crippen LogP contribution is -2.74. The number of hydrogen-bond acceptors (Lipinski definition) is 12. The third-order valence-corrected chi connectivity index (χ3v) is 9.50. The molecule has 1 saturated heterocycles. The molecule has 0 amide bonds. The van der Waals surface area contributed by atoms with E-state index in [1.807, 2.05) is 19.2 Å². The predicted molar refractivity (Wildman–Crippen MR) is 164 cm³/mol. The van der Waals surface area contributed by atoms with Crippen molar-refractivity contribution in [2.45, 2.75) is 74.2 Å². The van der Waals surface area contributed by atoms with Gasteiger partial charge in [-0.05, 0) is 44.1 Å². The number of carbonyl (C=O) groups is 5. The van der Waals surface area contributed by atoms with E-state index in [2.05, 4.69) is 4.90 Å². The maximum Gasteiger partial charge on any atom is 0.490 e. The van der Waals surface area contributed by atoms with Crippen LogP contribution in [0.1, 0.15) is 49.0 Å². The number of piperidine rings is 1. The first-order chi connectivity index (χ1) is 23.9. The van der Waals surface area contributed by atoms with E-state index in [-0.39, 0.29) is 23.8 Å². The number of nitrogens with zero attached hydrogens (tertiary/aromatic N) is 1. The van der Waals surface area contributed by atoms with Crippen LogP contribution in [0.4, 0.5) is 13.2 Å². The number of carbonyl (C=O) groups excluding carboxylic acids is 3. The molecule has 2 aromatic rings. The Bertz CT molecular complexity index is 1750. The molecular formula is C34H34F3NO13. The molecule has 1 fully saturated rings. The number of rotatable bonds is 9. The van der Waals surface area contributed by atoms with E-state index >= 15 is 0 Å². The van der Waals surface area contributed by atoms with Crippen LogP contribution < -0.4 is 9.47 Å². The van der Waals surface area contributed by atoms with E-state index < -0.39 is 71.8 Å². The number of likely N-dealkylation sites (N-methyl/N-ethyl adjacent to an activating group) is 1. The normalized spacial score (nSPS) is 25.3. The maximum atomic E-state index is 13.8. The molecule has 1 spiro atoms. The van der Waals surface area contributed by atoms with Gasteiger partial charge >= 0.3 is 36.0 Å². The van der Waals surface area contributed by atoms with Gasteiger partial charge in [0.1, 0.15) is 5.76 Å². The number of methoxy groups -OCH3 is 1. The number of ether oxygens (including phenoxy) is 5. The Morgan fingerprint density at radius 3 is 2.29 bits per heavy atom. The topological polar surface area (TPSA) is 195 Å². The van der Waals surface area contributed by atoms with Crippen LogP contribution >= 0.6 is 0 Å². The molecule has 0 saturated carbocycles. The molecule has 2 aliphatic carbocycles. The van der Waals surface area contributed by atoms with Gasteiger partial charge in [-0.3, -0.25) is 9.59 Å². The number of carboxylic acid groups (broad SMARTS) is 2. The highest BCUT2D eigenvalue weighted by Gasteiger charge is 2.72. The number of aliphatic hydroxyl groups is 1. The molecule has 17 heteroatoms. The molecule has 0 radical (unpaired) electrons. The van der Waals surface area contributed by atoms with Crippen molar-refractivity contribution in [1.82, 2.24) is 4.90 Å². The molecule has 2 unspecified atom stereocenters. The van der Waals surface area contributed by atoms with Gasteiger partial charge in [0.05, 0.1) is 24.5 Å². The minimum absolute atomic E-state index is 0.160. The van der Waals surface area contributed by atoms with Crippen molar-refractivity contribution >= 4 is 29.8 Å². The summed E-state index contributed by atoms with van der Waals surface area (Å²) in [5.41, 5.74) is 0.00468. The summed E-state index contributed by atoms with van der Waals surface area (Å²) in [4.78, 5) is 60.8. The molecule has 274 valence electrons. The lowest BCUT2D eigenvalue weighted by Gasteiger charge is -2.61. The van der Waals surface area contributed by atoms with Crippen molar-refractivity contribution in [1.29, 1.82) is 0 Å². The summed E-state index contributed by atoms with van der Waals surface area (Å²) in [7, 11) is 3.53. The Hall–Kier alpha value is -5.16. The molecule has 6 rings (SSSR count). The first kappa shape index (κ1) is 37.1. The second-order valence-corrected chi connectivity index (χ2v) is 12.4. The van der Waals surface area contributed by atoms with Crippen LogP contribution in [0.25, 0.3) is 0 Å². The van der Waals surface area contributed by atoms with Gasteiger partial charge < -0.3 is 43.9 Å². The summed E-state index contributed by atoms with van der Waals surface area (Å²) in [5, 5.41) is 28.8. The van der Waals surface area contributed by atoms with Gasteiger partial charge in [0.25, 0.3) is 0 Å². The van der Waals surface area contributed by atoms with Crippen molar-refractivity contribution in [3.8, 4) is 11.5 Å². The van der Waals surface area contributed by atoms with Crippen LogP contribution in [0.5, 0.6) is 11.5 Å². The number of carboxylic acids is 2. The molecule has 3 N–H and O–H groups in total. The summed E-state index contributed by atoms with van der Waals surface area (Å²) < 4.78 is 60.2. The van der Waals surface area contributed by atoms with E-state index in [1.165, 1.54) is 7.11 Å². The summed E-state index contributed by atoms with van der Waals surface area (Å²) in [6.45, 7) is 1.70. The Labute approximate surface area is 288 Å². The van der Waals surface area contributed by atoms with Gasteiger partial charge in [0.2, 0.25) is 12.2 Å². The van der Waals surface area contributed by atoms with E-state index in [1.54, 1.807) is 36.4 Å². The molecule has 2 aliphatic heterocycles. The van der Waals surface area contributed by atoms with Crippen molar-refractivity contribution in [3.05, 3.63) is 71.0 Å². The van der Waals surface area contributed by atoms with Gasteiger partial charge in [-0.1, -0.05) is 36.4 Å². The summed E-state index contributed by atoms with van der Waals surface area (Å²) in [5.74, 6) is -6.07. The fourth-order valence-corrected chi connectivity index (χ4v) is 7.36. The van der Waals surface area contributed by atoms with Gasteiger partial charge in [0.15, 0.2) is 17.6 Å². The SMILES string of the molecule is COc1ccc2c3c1O[C@H]1C(OC(=O)C(OC(=O)C(CC(=O)O)OC(C)=O)c4ccccc4)=CC[C@@]4(O)[C@@H](C2)N(C)CC[C@]314.O=C(O)C(F)(F)F. The highest BCUT2D eigenvalue weighted by molar-refractivity contribution is 5.87. The lowest BCUT2D eigenvalue weighted by atomic mass is 9.50. The van der Waals surface area contributed by atoms with Gasteiger partial charge in [-0.15, -0.1) is 0 Å². The molecule has 51 heavy (non-hydrogen) atoms. The summed E-state index contributed by atoms with van der Waals surface area (Å²) in [6, 6.07) is 11.7. The van der Waals surface area contributed by atoms with Crippen LogP contribution in [0.2, 0.25) is 0 Å². The smallest absolute Gasteiger partial charge is 0.490 e. The van der Waals surface area contributed by atoms with Crippen molar-refractivity contribution in [3.63, 3.8) is 0 Å². The zero-order valence-corrected chi connectivity index (χ0v) is 27.5. The minimum Gasteiger partial charge on any atom is -0.493 e. The van der Waals surface area contributed by atoms with Crippen LogP contribution in [-0.4, -0.2) is 101 Å². The fourth-order valence-electron chi connectivity index (χ4n) is 7.36. The monoisotopic (exact) mass is 721 g/mol. The highest BCUT2D eigenvalue weighted by Crippen LogP contribution is 2.65. The van der Waals surface area contributed by atoms with Crippen LogP contribution in [0.3, 0.4) is 0 Å². The van der Waals surface area contributed by atoms with E-state index in [4.69, 9.17) is 33.6 Å². The Morgan fingerprint density at radius 1 is 1.04 bits per heavy atom. The average molecular weight is 722 g/mol. The molecule has 2 bridgehead atoms. The Kier molecular flexibility index (Phi) is 10.1. The van der Waals surface area contributed by atoms with Crippen molar-refractivity contribution in [2.75, 3.05) is 20.7 Å². The van der Waals surface area contributed by atoms with E-state index in [0.29, 0.717) is 30.9 Å². The maximum absolute atomic E-state index is 13.8. The standard InChI is InChI=1S/C32H33NO11.C2HF3O2/c1-17(34)41-22(16-24(35)36)29(37)44-26(18-7-5-4-6-8-18)30(38)42-21-11-12-32(39)23-15-19-9-10-20(40-3)27-25(19)31(32,28(21)43-27)13-14-33(23)2;3-2(4,5)1(6)7/h4-11,22-23,26,28,39H,12-16H2,1-3H3,(H,35,36);(H,6,7)/t22?,23-,26?,28+,31+,32-;/m1./s1. The summed E-state index contributed by atoms with van der Waals surface area (Å²) >= 11 is 0. The number of aliphatic carboxylic acids is 2. The highest BCUT2D eigenvalue weighted by atomic mass is 19.4. The van der Waals surface area contributed by atoms with Crippen LogP contribution in [0, 0.1) is 0 Å². The van der Waals surface area contributed by atoms with Gasteiger partial charge in [0, 0.05) is 30.5 Å². The number of likely N-dealkylation sites (tertiary alicyclic amines) is 1. The fraction of sp³-hybridized carbons (Fsp3) is 0.441. The number of alkyl halides is 3. The van der Waals surface area contributed by atoms with E-state index in [9.17, 15) is 42.6 Å². The number of benzene rings is 2. The second-order valence-electron chi connectivity index (χ2n) is 12.4.